The molecule has 0 aliphatic heterocycles. The van der Waals surface area contributed by atoms with Crippen LogP contribution in [0.4, 0.5) is 0 Å². The molecule has 0 radical (unpaired) electrons. The molecule has 3 nitrogen and oxygen atoms in total. The highest BCUT2D eigenvalue weighted by atomic mass is 35.5. The summed E-state index contributed by atoms with van der Waals surface area (Å²) in [5.41, 5.74) is 5.67. The molecular weight excluding hydrogens is 268 g/mol. The minimum atomic E-state index is -0.00662. The second kappa shape index (κ2) is 6.55. The van der Waals surface area contributed by atoms with Crippen LogP contribution < -0.4 is 11.1 Å². The van der Waals surface area contributed by atoms with Gasteiger partial charge in [-0.2, -0.15) is 0 Å². The zero-order valence-corrected chi connectivity index (χ0v) is 11.9. The summed E-state index contributed by atoms with van der Waals surface area (Å²) in [5, 5.41) is 3.00. The summed E-state index contributed by atoms with van der Waals surface area (Å²) >= 11 is 7.14. The van der Waals surface area contributed by atoms with Crippen LogP contribution in [0.15, 0.2) is 12.1 Å². The Balaban J connectivity index is 1.74. The predicted molar refractivity (Wildman–Crippen MR) is 76.2 cm³/mol. The zero-order valence-electron chi connectivity index (χ0n) is 10.3. The Morgan fingerprint density at radius 3 is 2.56 bits per heavy atom. The lowest BCUT2D eigenvalue weighted by molar-refractivity contribution is 0.0945. The number of amides is 1. The van der Waals surface area contributed by atoms with Crippen LogP contribution in [0, 0.1) is 11.8 Å². The quantitative estimate of drug-likeness (QED) is 0.894. The molecule has 1 aliphatic rings. The first kappa shape index (κ1) is 13.8. The Labute approximate surface area is 117 Å². The van der Waals surface area contributed by atoms with Crippen molar-refractivity contribution in [2.45, 2.75) is 25.7 Å². The van der Waals surface area contributed by atoms with E-state index in [1.54, 1.807) is 12.1 Å². The lowest BCUT2D eigenvalue weighted by atomic mass is 9.82. The monoisotopic (exact) mass is 286 g/mol. The summed E-state index contributed by atoms with van der Waals surface area (Å²) in [7, 11) is 0. The summed E-state index contributed by atoms with van der Waals surface area (Å²) in [6.45, 7) is 1.57. The van der Waals surface area contributed by atoms with E-state index in [-0.39, 0.29) is 5.91 Å². The molecule has 0 unspecified atom stereocenters. The van der Waals surface area contributed by atoms with Crippen LogP contribution in [0.25, 0.3) is 0 Å². The highest BCUT2D eigenvalue weighted by Crippen LogP contribution is 2.27. The van der Waals surface area contributed by atoms with Crippen molar-refractivity contribution < 1.29 is 4.79 Å². The molecule has 1 aliphatic carbocycles. The fourth-order valence-corrected chi connectivity index (χ4v) is 3.39. The Morgan fingerprint density at radius 1 is 1.33 bits per heavy atom. The zero-order chi connectivity index (χ0) is 13.0. The largest absolute Gasteiger partial charge is 0.351 e. The smallest absolute Gasteiger partial charge is 0.261 e. The number of nitrogens with two attached hydrogens (primary N) is 1. The number of halogens is 1. The van der Waals surface area contributed by atoms with Crippen molar-refractivity contribution in [1.82, 2.24) is 5.32 Å². The molecule has 1 aromatic rings. The average Bonchev–Trinajstić information content (AvgIpc) is 2.83. The molecule has 0 saturated heterocycles. The lowest BCUT2D eigenvalue weighted by Gasteiger charge is -2.27. The van der Waals surface area contributed by atoms with Gasteiger partial charge in [0, 0.05) is 6.54 Å². The molecule has 1 fully saturated rings. The molecule has 0 aromatic carbocycles. The first-order valence-electron chi connectivity index (χ1n) is 6.42. The molecular formula is C13H19ClN2OS. The van der Waals surface area contributed by atoms with Gasteiger partial charge in [0.1, 0.15) is 0 Å². The van der Waals surface area contributed by atoms with E-state index in [1.165, 1.54) is 37.0 Å². The summed E-state index contributed by atoms with van der Waals surface area (Å²) in [6.07, 6.45) is 4.74. The summed E-state index contributed by atoms with van der Waals surface area (Å²) in [5.74, 6) is 1.29. The third-order valence-electron chi connectivity index (χ3n) is 3.65. The Hall–Kier alpha value is -0.580. The van der Waals surface area contributed by atoms with Crippen LogP contribution >= 0.6 is 22.9 Å². The molecule has 3 N–H and O–H groups in total. The average molecular weight is 287 g/mol. The fraction of sp³-hybridized carbons (Fsp3) is 0.615. The molecule has 1 heterocycles. The van der Waals surface area contributed by atoms with Crippen LogP contribution in [0.1, 0.15) is 35.4 Å². The molecule has 18 heavy (non-hydrogen) atoms. The van der Waals surface area contributed by atoms with Crippen molar-refractivity contribution >= 4 is 28.8 Å². The van der Waals surface area contributed by atoms with Gasteiger partial charge >= 0.3 is 0 Å². The normalized spacial score (nSPS) is 23.9. The van der Waals surface area contributed by atoms with Crippen LogP contribution in [0.2, 0.25) is 4.34 Å². The van der Waals surface area contributed by atoms with E-state index in [1.807, 2.05) is 0 Å². The maximum atomic E-state index is 11.8. The highest BCUT2D eigenvalue weighted by molar-refractivity contribution is 7.17. The van der Waals surface area contributed by atoms with Gasteiger partial charge in [-0.15, -0.1) is 11.3 Å². The number of hydrogen-bond donors (Lipinski definition) is 2. The van der Waals surface area contributed by atoms with Crippen LogP contribution in [0.5, 0.6) is 0 Å². The molecule has 0 spiro atoms. The fourth-order valence-electron chi connectivity index (χ4n) is 2.43. The highest BCUT2D eigenvalue weighted by Gasteiger charge is 2.20. The van der Waals surface area contributed by atoms with E-state index in [9.17, 15) is 4.79 Å². The number of rotatable bonds is 4. The predicted octanol–water partition coefficient (Wildman–Crippen LogP) is 2.90. The van der Waals surface area contributed by atoms with Crippen LogP contribution in [0.3, 0.4) is 0 Å². The van der Waals surface area contributed by atoms with E-state index in [2.05, 4.69) is 5.32 Å². The molecule has 5 heteroatoms. The maximum Gasteiger partial charge on any atom is 0.261 e. The van der Waals surface area contributed by atoms with Crippen LogP contribution in [-0.2, 0) is 0 Å². The topological polar surface area (TPSA) is 55.1 Å². The Morgan fingerprint density at radius 2 is 2.00 bits per heavy atom. The number of thiophene rings is 1. The van der Waals surface area contributed by atoms with E-state index in [4.69, 9.17) is 17.3 Å². The van der Waals surface area contributed by atoms with Gasteiger partial charge in [0.05, 0.1) is 9.21 Å². The van der Waals surface area contributed by atoms with E-state index >= 15 is 0 Å². The SMILES string of the molecule is NCC1CCC(CNC(=O)c2ccc(Cl)s2)CC1. The minimum Gasteiger partial charge on any atom is -0.351 e. The first-order valence-corrected chi connectivity index (χ1v) is 7.62. The molecule has 0 bridgehead atoms. The van der Waals surface area contributed by atoms with Crippen molar-refractivity contribution in [1.29, 1.82) is 0 Å². The number of carbonyl (C=O) groups is 1. The Bertz CT molecular complexity index is 399. The van der Waals surface area contributed by atoms with Gasteiger partial charge < -0.3 is 11.1 Å². The van der Waals surface area contributed by atoms with Gasteiger partial charge in [-0.3, -0.25) is 4.79 Å². The molecule has 1 aromatic heterocycles. The third kappa shape index (κ3) is 3.70. The van der Waals surface area contributed by atoms with Crippen molar-refractivity contribution in [2.75, 3.05) is 13.1 Å². The third-order valence-corrected chi connectivity index (χ3v) is 4.88. The Kier molecular flexibility index (Phi) is 5.03. The standard InChI is InChI=1S/C13H19ClN2OS/c14-12-6-5-11(18-12)13(17)16-8-10-3-1-9(7-15)2-4-10/h5-6,9-10H,1-4,7-8,15H2,(H,16,17). The van der Waals surface area contributed by atoms with Crippen molar-refractivity contribution in [3.8, 4) is 0 Å². The lowest BCUT2D eigenvalue weighted by Crippen LogP contribution is -2.31. The van der Waals surface area contributed by atoms with Gasteiger partial charge in [0.15, 0.2) is 0 Å². The minimum absolute atomic E-state index is 0.00662. The van der Waals surface area contributed by atoms with Crippen molar-refractivity contribution in [2.24, 2.45) is 17.6 Å². The first-order chi connectivity index (χ1) is 8.69. The molecule has 100 valence electrons. The number of hydrogen-bond acceptors (Lipinski definition) is 3. The summed E-state index contributed by atoms with van der Waals surface area (Å²) in [4.78, 5) is 12.5. The van der Waals surface area contributed by atoms with E-state index < -0.39 is 0 Å². The second-order valence-corrected chi connectivity index (χ2v) is 6.65. The number of nitrogens with one attached hydrogen (secondary N) is 1. The molecule has 2 rings (SSSR count). The van der Waals surface area contributed by atoms with Gasteiger partial charge in [0.2, 0.25) is 0 Å². The molecule has 0 atom stereocenters. The van der Waals surface area contributed by atoms with E-state index in [0.717, 1.165) is 13.1 Å². The summed E-state index contributed by atoms with van der Waals surface area (Å²) in [6, 6.07) is 3.53. The second-order valence-electron chi connectivity index (χ2n) is 4.94. The van der Waals surface area contributed by atoms with Crippen molar-refractivity contribution in [3.05, 3.63) is 21.3 Å². The number of carbonyl (C=O) groups excluding carboxylic acids is 1. The van der Waals surface area contributed by atoms with Crippen molar-refractivity contribution in [3.63, 3.8) is 0 Å². The van der Waals surface area contributed by atoms with Gasteiger partial charge in [-0.05, 0) is 56.2 Å². The van der Waals surface area contributed by atoms with Crippen LogP contribution in [-0.4, -0.2) is 19.0 Å². The van der Waals surface area contributed by atoms with Gasteiger partial charge in [0.25, 0.3) is 5.91 Å². The summed E-state index contributed by atoms with van der Waals surface area (Å²) < 4.78 is 0.656. The molecule has 1 amide bonds. The maximum absolute atomic E-state index is 11.8. The molecule has 1 saturated carbocycles. The van der Waals surface area contributed by atoms with Gasteiger partial charge in [-0.1, -0.05) is 11.6 Å². The van der Waals surface area contributed by atoms with E-state index in [0.29, 0.717) is 21.0 Å². The van der Waals surface area contributed by atoms with Gasteiger partial charge in [-0.25, -0.2) is 0 Å².